The molecule has 2 amide bonds. The fraction of sp³-hybridized carbons (Fsp3) is 0.304. The minimum Gasteiger partial charge on any atom is -0.364 e. The Labute approximate surface area is 190 Å². The van der Waals surface area contributed by atoms with Crippen molar-refractivity contribution in [1.82, 2.24) is 9.80 Å². The van der Waals surface area contributed by atoms with Gasteiger partial charge in [0.05, 0.1) is 16.2 Å². The number of nitro benzene ring substituents is 1. The Kier molecular flexibility index (Phi) is 5.99. The molecule has 2 aliphatic heterocycles. The second-order valence-electron chi connectivity index (χ2n) is 7.78. The van der Waals surface area contributed by atoms with Crippen molar-refractivity contribution in [3.8, 4) is 0 Å². The van der Waals surface area contributed by atoms with Gasteiger partial charge in [-0.25, -0.2) is 4.90 Å². The number of nitro groups is 1. The number of non-ortho nitro benzene ring substituents is 1. The molecule has 32 heavy (non-hydrogen) atoms. The first-order valence-corrected chi connectivity index (χ1v) is 10.8. The molecule has 2 aromatic rings. The second-order valence-corrected chi connectivity index (χ2v) is 8.19. The zero-order valence-corrected chi connectivity index (χ0v) is 18.6. The van der Waals surface area contributed by atoms with Gasteiger partial charge in [-0.2, -0.15) is 0 Å². The van der Waals surface area contributed by atoms with Crippen LogP contribution in [0.25, 0.3) is 5.57 Å². The number of halogens is 1. The number of amides is 2. The van der Waals surface area contributed by atoms with E-state index in [1.807, 2.05) is 4.90 Å². The number of hydrogen-bond acceptors (Lipinski definition) is 6. The van der Waals surface area contributed by atoms with Gasteiger partial charge in [0.15, 0.2) is 0 Å². The molecule has 2 heterocycles. The van der Waals surface area contributed by atoms with Crippen LogP contribution in [0.5, 0.6) is 0 Å². The Bertz CT molecular complexity index is 1120. The van der Waals surface area contributed by atoms with E-state index in [0.717, 1.165) is 19.6 Å². The van der Waals surface area contributed by atoms with Gasteiger partial charge in [-0.15, -0.1) is 0 Å². The first-order valence-electron chi connectivity index (χ1n) is 10.4. The van der Waals surface area contributed by atoms with Crippen molar-refractivity contribution in [3.05, 3.63) is 74.4 Å². The van der Waals surface area contributed by atoms with Gasteiger partial charge in [-0.1, -0.05) is 24.6 Å². The van der Waals surface area contributed by atoms with Gasteiger partial charge in [0.2, 0.25) is 0 Å². The number of likely N-dealkylation sites (N-methyl/N-ethyl adjacent to an activating group) is 1. The number of imide groups is 1. The maximum absolute atomic E-state index is 13.6. The van der Waals surface area contributed by atoms with Crippen molar-refractivity contribution < 1.29 is 14.5 Å². The highest BCUT2D eigenvalue weighted by molar-refractivity contribution is 6.46. The lowest BCUT2D eigenvalue weighted by Crippen LogP contribution is -2.47. The van der Waals surface area contributed by atoms with Crippen LogP contribution in [0.15, 0.2) is 48.2 Å². The molecule has 0 aliphatic carbocycles. The zero-order chi connectivity index (χ0) is 23.0. The SMILES string of the molecule is CCN1CCN(C2=C(c3ccc([N+](=O)[O-])cc3)C(=O)N(c3cccc(Cl)c3C)C2=O)CC1. The third kappa shape index (κ3) is 3.76. The van der Waals surface area contributed by atoms with Gasteiger partial charge in [-0.05, 0) is 48.9 Å². The number of rotatable bonds is 5. The molecule has 4 rings (SSSR count). The van der Waals surface area contributed by atoms with E-state index in [0.29, 0.717) is 40.6 Å². The Balaban J connectivity index is 1.81. The highest BCUT2D eigenvalue weighted by atomic mass is 35.5. The molecule has 2 aromatic carbocycles. The summed E-state index contributed by atoms with van der Waals surface area (Å²) in [6, 6.07) is 10.8. The van der Waals surface area contributed by atoms with Crippen LogP contribution in [-0.4, -0.2) is 59.3 Å². The van der Waals surface area contributed by atoms with Gasteiger partial charge in [0.25, 0.3) is 17.5 Å². The van der Waals surface area contributed by atoms with Crippen molar-refractivity contribution in [2.24, 2.45) is 0 Å². The highest BCUT2D eigenvalue weighted by Crippen LogP contribution is 2.38. The number of piperazine rings is 1. The molecule has 0 bridgehead atoms. The van der Waals surface area contributed by atoms with Crippen molar-refractivity contribution >= 4 is 40.4 Å². The number of carbonyl (C=O) groups excluding carboxylic acids is 2. The summed E-state index contributed by atoms with van der Waals surface area (Å²) in [6.45, 7) is 7.56. The Morgan fingerprint density at radius 1 is 1.00 bits per heavy atom. The maximum atomic E-state index is 13.6. The topological polar surface area (TPSA) is 87.0 Å². The smallest absolute Gasteiger partial charge is 0.282 e. The quantitative estimate of drug-likeness (QED) is 0.390. The van der Waals surface area contributed by atoms with E-state index < -0.39 is 16.7 Å². The molecule has 0 spiro atoms. The molecule has 1 fully saturated rings. The van der Waals surface area contributed by atoms with Gasteiger partial charge >= 0.3 is 0 Å². The van der Waals surface area contributed by atoms with E-state index in [4.69, 9.17) is 11.6 Å². The highest BCUT2D eigenvalue weighted by Gasteiger charge is 2.43. The molecule has 0 unspecified atom stereocenters. The van der Waals surface area contributed by atoms with E-state index in [1.54, 1.807) is 25.1 Å². The van der Waals surface area contributed by atoms with E-state index in [-0.39, 0.29) is 11.3 Å². The minimum absolute atomic E-state index is 0.0771. The first-order chi connectivity index (χ1) is 15.3. The maximum Gasteiger partial charge on any atom is 0.282 e. The molecule has 2 aliphatic rings. The molecular formula is C23H23ClN4O4. The summed E-state index contributed by atoms with van der Waals surface area (Å²) in [5.41, 5.74) is 2.06. The van der Waals surface area contributed by atoms with Crippen LogP contribution >= 0.6 is 11.6 Å². The Morgan fingerprint density at radius 3 is 2.25 bits per heavy atom. The number of nitrogens with zero attached hydrogens (tertiary/aromatic N) is 4. The summed E-state index contributed by atoms with van der Waals surface area (Å²) in [7, 11) is 0. The molecule has 9 heteroatoms. The molecule has 0 radical (unpaired) electrons. The van der Waals surface area contributed by atoms with Gasteiger partial charge < -0.3 is 9.80 Å². The van der Waals surface area contributed by atoms with Crippen LogP contribution in [0.1, 0.15) is 18.1 Å². The van der Waals surface area contributed by atoms with E-state index in [1.165, 1.54) is 29.2 Å². The summed E-state index contributed by atoms with van der Waals surface area (Å²) in [4.78, 5) is 43.2. The lowest BCUT2D eigenvalue weighted by Gasteiger charge is -2.36. The Hall–Kier alpha value is -3.23. The van der Waals surface area contributed by atoms with Crippen molar-refractivity contribution in [1.29, 1.82) is 0 Å². The molecule has 8 nitrogen and oxygen atoms in total. The summed E-state index contributed by atoms with van der Waals surface area (Å²) in [6.07, 6.45) is 0. The van der Waals surface area contributed by atoms with Crippen molar-refractivity contribution in [2.45, 2.75) is 13.8 Å². The van der Waals surface area contributed by atoms with E-state index in [2.05, 4.69) is 11.8 Å². The third-order valence-electron chi connectivity index (χ3n) is 6.04. The zero-order valence-electron chi connectivity index (χ0n) is 17.9. The standard InChI is InChI=1S/C23H23ClN4O4/c1-3-25-11-13-26(14-12-25)21-20(16-7-9-17(10-8-16)28(31)32)22(29)27(23(21)30)19-6-4-5-18(24)15(19)2/h4-10H,3,11-14H2,1-2H3. The lowest BCUT2D eigenvalue weighted by atomic mass is 10.0. The van der Waals surface area contributed by atoms with Crippen LogP contribution in [0.4, 0.5) is 11.4 Å². The van der Waals surface area contributed by atoms with Crippen LogP contribution in [0.2, 0.25) is 5.02 Å². The molecule has 0 N–H and O–H groups in total. The average Bonchev–Trinajstić information content (AvgIpc) is 3.05. The monoisotopic (exact) mass is 454 g/mol. The predicted molar refractivity (Wildman–Crippen MR) is 122 cm³/mol. The van der Waals surface area contributed by atoms with E-state index in [9.17, 15) is 19.7 Å². The molecule has 0 atom stereocenters. The van der Waals surface area contributed by atoms with Gasteiger partial charge in [0.1, 0.15) is 5.70 Å². The fourth-order valence-electron chi connectivity index (χ4n) is 4.17. The largest absolute Gasteiger partial charge is 0.364 e. The van der Waals surface area contributed by atoms with Crippen LogP contribution in [-0.2, 0) is 9.59 Å². The summed E-state index contributed by atoms with van der Waals surface area (Å²) < 4.78 is 0. The van der Waals surface area contributed by atoms with E-state index >= 15 is 0 Å². The molecule has 166 valence electrons. The summed E-state index contributed by atoms with van der Waals surface area (Å²) in [5.74, 6) is -0.860. The number of anilines is 1. The Morgan fingerprint density at radius 2 is 1.66 bits per heavy atom. The number of hydrogen-bond donors (Lipinski definition) is 0. The van der Waals surface area contributed by atoms with Crippen LogP contribution < -0.4 is 4.90 Å². The molecule has 0 saturated carbocycles. The average molecular weight is 455 g/mol. The normalized spacial score (nSPS) is 17.5. The number of benzene rings is 2. The summed E-state index contributed by atoms with van der Waals surface area (Å²) >= 11 is 6.26. The van der Waals surface area contributed by atoms with Crippen molar-refractivity contribution in [2.75, 3.05) is 37.6 Å². The predicted octanol–water partition coefficient (Wildman–Crippen LogP) is 3.48. The molecule has 0 aromatic heterocycles. The fourth-order valence-corrected chi connectivity index (χ4v) is 4.34. The summed E-state index contributed by atoms with van der Waals surface area (Å²) in [5, 5.41) is 11.5. The second kappa shape index (κ2) is 8.72. The lowest BCUT2D eigenvalue weighted by molar-refractivity contribution is -0.384. The number of carbonyl (C=O) groups is 2. The minimum atomic E-state index is -0.494. The van der Waals surface area contributed by atoms with Gasteiger partial charge in [-0.3, -0.25) is 19.7 Å². The van der Waals surface area contributed by atoms with Crippen LogP contribution in [0, 0.1) is 17.0 Å². The van der Waals surface area contributed by atoms with Crippen molar-refractivity contribution in [3.63, 3.8) is 0 Å². The first kappa shape index (κ1) is 22.0. The third-order valence-corrected chi connectivity index (χ3v) is 6.45. The van der Waals surface area contributed by atoms with Gasteiger partial charge in [0, 0.05) is 43.3 Å². The van der Waals surface area contributed by atoms with Crippen LogP contribution in [0.3, 0.4) is 0 Å². The molecular weight excluding hydrogens is 432 g/mol. The molecule has 1 saturated heterocycles.